The molecule has 1 aromatic heterocycles. The summed E-state index contributed by atoms with van der Waals surface area (Å²) in [4.78, 5) is 17.1. The van der Waals surface area contributed by atoms with Crippen LogP contribution in [0.15, 0.2) is 16.9 Å². The first kappa shape index (κ1) is 13.9. The minimum absolute atomic E-state index is 0.0710. The highest BCUT2D eigenvalue weighted by molar-refractivity contribution is 5.70. The summed E-state index contributed by atoms with van der Waals surface area (Å²) in [6.07, 6.45) is 2.02. The largest absolute Gasteiger partial charge is 0.493 e. The van der Waals surface area contributed by atoms with E-state index in [1.54, 1.807) is 11.6 Å². The van der Waals surface area contributed by atoms with Gasteiger partial charge in [0.25, 0.3) is 5.56 Å². The summed E-state index contributed by atoms with van der Waals surface area (Å²) in [7, 11) is 1.79. The Labute approximate surface area is 124 Å². The van der Waals surface area contributed by atoms with Gasteiger partial charge in [0.15, 0.2) is 0 Å². The maximum absolute atomic E-state index is 12.6. The molecule has 0 unspecified atom stereocenters. The van der Waals surface area contributed by atoms with Gasteiger partial charge in [-0.3, -0.25) is 4.79 Å². The van der Waals surface area contributed by atoms with E-state index in [9.17, 15) is 4.79 Å². The molecular weight excluding hydrogens is 264 g/mol. The average Bonchev–Trinajstić information content (AvgIpc) is 2.50. The van der Waals surface area contributed by atoms with Crippen molar-refractivity contribution in [2.24, 2.45) is 7.05 Å². The summed E-state index contributed by atoms with van der Waals surface area (Å²) in [6, 6.07) is 4.01. The molecule has 0 N–H and O–H groups in total. The second-order valence-electron chi connectivity index (χ2n) is 5.69. The van der Waals surface area contributed by atoms with Crippen molar-refractivity contribution in [3.63, 3.8) is 0 Å². The number of nitrogens with zero attached hydrogens (tertiary/aromatic N) is 2. The Bertz CT molecular complexity index is 775. The molecule has 4 nitrogen and oxygen atoms in total. The first-order chi connectivity index (χ1) is 10.0. The third kappa shape index (κ3) is 2.15. The van der Waals surface area contributed by atoms with Crippen molar-refractivity contribution in [2.45, 2.75) is 33.6 Å². The van der Waals surface area contributed by atoms with Crippen LogP contribution >= 0.6 is 0 Å². The van der Waals surface area contributed by atoms with Crippen molar-refractivity contribution < 1.29 is 4.74 Å². The summed E-state index contributed by atoms with van der Waals surface area (Å²) < 4.78 is 7.53. The van der Waals surface area contributed by atoms with Crippen LogP contribution in [-0.4, -0.2) is 16.2 Å². The molecule has 0 spiro atoms. The van der Waals surface area contributed by atoms with Gasteiger partial charge in [0.05, 0.1) is 12.3 Å². The van der Waals surface area contributed by atoms with E-state index >= 15 is 0 Å². The van der Waals surface area contributed by atoms with Gasteiger partial charge in [0.1, 0.15) is 11.4 Å². The zero-order chi connectivity index (χ0) is 15.1. The Morgan fingerprint density at radius 1 is 1.24 bits per heavy atom. The summed E-state index contributed by atoms with van der Waals surface area (Å²) >= 11 is 0. The lowest BCUT2D eigenvalue weighted by atomic mass is 9.96. The SMILES string of the molecule is Cc1ccc(-c2nc(C)c(C)n(C)c2=O)c2c1CCCO2. The van der Waals surface area contributed by atoms with Gasteiger partial charge >= 0.3 is 0 Å². The highest BCUT2D eigenvalue weighted by atomic mass is 16.5. The molecule has 0 amide bonds. The van der Waals surface area contributed by atoms with Crippen LogP contribution in [0.25, 0.3) is 11.3 Å². The standard InChI is InChI=1S/C17H20N2O2/c1-10-7-8-14(16-13(10)6-5-9-21-16)15-17(20)19(4)12(3)11(2)18-15/h7-8H,5-6,9H2,1-4H3. The zero-order valence-electron chi connectivity index (χ0n) is 13.0. The Morgan fingerprint density at radius 3 is 2.76 bits per heavy atom. The Kier molecular flexibility index (Phi) is 3.32. The quantitative estimate of drug-likeness (QED) is 0.808. The molecule has 2 heterocycles. The van der Waals surface area contributed by atoms with Crippen LogP contribution in [0.1, 0.15) is 28.9 Å². The smallest absolute Gasteiger partial charge is 0.277 e. The predicted octanol–water partition coefficient (Wildman–Crippen LogP) is 2.70. The molecule has 0 radical (unpaired) electrons. The normalized spacial score (nSPS) is 13.7. The van der Waals surface area contributed by atoms with Crippen LogP contribution in [0.4, 0.5) is 0 Å². The van der Waals surface area contributed by atoms with E-state index in [1.165, 1.54) is 11.1 Å². The number of fused-ring (bicyclic) bond motifs is 1. The van der Waals surface area contributed by atoms with Crippen molar-refractivity contribution in [1.82, 2.24) is 9.55 Å². The number of aryl methyl sites for hydroxylation is 2. The topological polar surface area (TPSA) is 44.1 Å². The van der Waals surface area contributed by atoms with Gasteiger partial charge in [-0.1, -0.05) is 6.07 Å². The monoisotopic (exact) mass is 284 g/mol. The molecule has 1 aromatic carbocycles. The van der Waals surface area contributed by atoms with Gasteiger partial charge in [-0.15, -0.1) is 0 Å². The molecule has 4 heteroatoms. The van der Waals surface area contributed by atoms with E-state index in [-0.39, 0.29) is 5.56 Å². The Balaban J connectivity index is 2.30. The van der Waals surface area contributed by atoms with Gasteiger partial charge in [-0.25, -0.2) is 4.98 Å². The lowest BCUT2D eigenvalue weighted by molar-refractivity contribution is 0.289. The summed E-state index contributed by atoms with van der Waals surface area (Å²) in [5.41, 5.74) is 5.42. The van der Waals surface area contributed by atoms with Crippen LogP contribution in [0.5, 0.6) is 5.75 Å². The van der Waals surface area contributed by atoms with Crippen LogP contribution in [0.2, 0.25) is 0 Å². The maximum Gasteiger partial charge on any atom is 0.277 e. The average molecular weight is 284 g/mol. The summed E-state index contributed by atoms with van der Waals surface area (Å²) in [5, 5.41) is 0. The van der Waals surface area contributed by atoms with Gasteiger partial charge in [-0.2, -0.15) is 0 Å². The van der Waals surface area contributed by atoms with E-state index in [0.717, 1.165) is 35.5 Å². The Hall–Kier alpha value is -2.10. The minimum Gasteiger partial charge on any atom is -0.493 e. The van der Waals surface area contributed by atoms with Crippen LogP contribution in [0.3, 0.4) is 0 Å². The highest BCUT2D eigenvalue weighted by Gasteiger charge is 2.21. The molecule has 0 bridgehead atoms. The maximum atomic E-state index is 12.6. The molecule has 0 saturated carbocycles. The van der Waals surface area contributed by atoms with Gasteiger partial charge in [-0.05, 0) is 50.8 Å². The van der Waals surface area contributed by atoms with E-state index in [1.807, 2.05) is 19.9 Å². The molecule has 110 valence electrons. The number of hydrogen-bond donors (Lipinski definition) is 0. The van der Waals surface area contributed by atoms with Crippen LogP contribution < -0.4 is 10.3 Å². The fourth-order valence-electron chi connectivity index (χ4n) is 2.84. The first-order valence-electron chi connectivity index (χ1n) is 7.30. The predicted molar refractivity (Wildman–Crippen MR) is 82.9 cm³/mol. The van der Waals surface area contributed by atoms with Gasteiger partial charge in [0.2, 0.25) is 0 Å². The molecular formula is C17H20N2O2. The van der Waals surface area contributed by atoms with Crippen molar-refractivity contribution in [3.05, 3.63) is 45.0 Å². The summed E-state index contributed by atoms with van der Waals surface area (Å²) in [6.45, 7) is 6.63. The molecule has 0 atom stereocenters. The first-order valence-corrected chi connectivity index (χ1v) is 7.30. The van der Waals surface area contributed by atoms with Crippen molar-refractivity contribution >= 4 is 0 Å². The molecule has 21 heavy (non-hydrogen) atoms. The molecule has 0 aliphatic carbocycles. The van der Waals surface area contributed by atoms with Crippen LogP contribution in [-0.2, 0) is 13.5 Å². The molecule has 2 aromatic rings. The molecule has 0 fully saturated rings. The van der Waals surface area contributed by atoms with Gasteiger partial charge < -0.3 is 9.30 Å². The third-order valence-electron chi connectivity index (χ3n) is 4.38. The fourth-order valence-corrected chi connectivity index (χ4v) is 2.84. The number of hydrogen-bond acceptors (Lipinski definition) is 3. The molecule has 1 aliphatic rings. The second-order valence-corrected chi connectivity index (χ2v) is 5.69. The van der Waals surface area contributed by atoms with E-state index < -0.39 is 0 Å². The number of rotatable bonds is 1. The number of ether oxygens (including phenoxy) is 1. The molecule has 0 saturated heterocycles. The zero-order valence-corrected chi connectivity index (χ0v) is 13.0. The van der Waals surface area contributed by atoms with E-state index in [0.29, 0.717) is 12.3 Å². The van der Waals surface area contributed by atoms with Gasteiger partial charge in [0, 0.05) is 18.3 Å². The van der Waals surface area contributed by atoms with Crippen molar-refractivity contribution in [3.8, 4) is 17.0 Å². The minimum atomic E-state index is -0.0710. The fraction of sp³-hybridized carbons (Fsp3) is 0.412. The van der Waals surface area contributed by atoms with Crippen molar-refractivity contribution in [2.75, 3.05) is 6.61 Å². The Morgan fingerprint density at radius 2 is 2.00 bits per heavy atom. The number of aromatic nitrogens is 2. The molecule has 1 aliphatic heterocycles. The third-order valence-corrected chi connectivity index (χ3v) is 4.38. The van der Waals surface area contributed by atoms with Crippen molar-refractivity contribution in [1.29, 1.82) is 0 Å². The highest BCUT2D eigenvalue weighted by Crippen LogP contribution is 2.36. The summed E-state index contributed by atoms with van der Waals surface area (Å²) in [5.74, 6) is 0.842. The number of benzene rings is 1. The van der Waals surface area contributed by atoms with Crippen LogP contribution in [0, 0.1) is 20.8 Å². The van der Waals surface area contributed by atoms with E-state index in [2.05, 4.69) is 18.0 Å². The lowest BCUT2D eigenvalue weighted by Gasteiger charge is -2.22. The van der Waals surface area contributed by atoms with E-state index in [4.69, 9.17) is 4.74 Å². The second kappa shape index (κ2) is 5.02. The molecule has 3 rings (SSSR count). The lowest BCUT2D eigenvalue weighted by Crippen LogP contribution is -2.24.